The van der Waals surface area contributed by atoms with Gasteiger partial charge in [0, 0.05) is 65.6 Å². The molecule has 0 radical (unpaired) electrons. The van der Waals surface area contributed by atoms with Crippen LogP contribution in [0.4, 0.5) is 5.69 Å². The minimum atomic E-state index is -0.978. The molecule has 1 aliphatic rings. The molecule has 0 unspecified atom stereocenters. The van der Waals surface area contributed by atoms with Crippen molar-refractivity contribution in [3.8, 4) is 0 Å². The third kappa shape index (κ3) is 6.73. The van der Waals surface area contributed by atoms with Crippen LogP contribution >= 0.6 is 23.2 Å². The highest BCUT2D eigenvalue weighted by atomic mass is 35.5. The van der Waals surface area contributed by atoms with Crippen LogP contribution in [0.3, 0.4) is 0 Å². The highest BCUT2D eigenvalue weighted by Crippen LogP contribution is 2.23. The Morgan fingerprint density at radius 3 is 2.40 bits per heavy atom. The number of pyridine rings is 1. The van der Waals surface area contributed by atoms with Gasteiger partial charge in [-0.1, -0.05) is 29.3 Å². The van der Waals surface area contributed by atoms with Crippen molar-refractivity contribution < 1.29 is 18.8 Å². The Kier molecular flexibility index (Phi) is 8.52. The minimum Gasteiger partial charge on any atom is -0.451 e. The van der Waals surface area contributed by atoms with E-state index < -0.39 is 17.9 Å². The Bertz CT molecular complexity index is 1500. The maximum absolute atomic E-state index is 13.2. The number of carbonyl (C=O) groups excluding carboxylic acids is 3. The Labute approximate surface area is 241 Å². The summed E-state index contributed by atoms with van der Waals surface area (Å²) in [6, 6.07) is 18.5. The summed E-state index contributed by atoms with van der Waals surface area (Å²) in [6.45, 7) is 2.21. The molecule has 1 atom stereocenters. The molecule has 0 bridgehead atoms. The quantitative estimate of drug-likeness (QED) is 0.327. The number of nitrogens with zero attached hydrogens (tertiary/aromatic N) is 3. The lowest BCUT2D eigenvalue weighted by Crippen LogP contribution is -2.53. The van der Waals surface area contributed by atoms with Gasteiger partial charge in [0.05, 0.1) is 6.54 Å². The normalized spacial score (nSPS) is 14.2. The first kappa shape index (κ1) is 27.5. The van der Waals surface area contributed by atoms with Gasteiger partial charge in [-0.15, -0.1) is 0 Å². The maximum atomic E-state index is 13.2. The number of rotatable bonds is 8. The molecule has 1 fully saturated rings. The Morgan fingerprint density at radius 2 is 1.68 bits per heavy atom. The van der Waals surface area contributed by atoms with Crippen LogP contribution in [-0.2, 0) is 16.0 Å². The van der Waals surface area contributed by atoms with E-state index in [1.54, 1.807) is 53.6 Å². The first-order valence-electron chi connectivity index (χ1n) is 12.8. The molecule has 9 nitrogen and oxygen atoms in total. The summed E-state index contributed by atoms with van der Waals surface area (Å²) in [5.74, 6) is -1.20. The Balaban J connectivity index is 1.20. The first-order chi connectivity index (χ1) is 19.4. The minimum absolute atomic E-state index is 0.0470. The number of aromatic nitrogens is 1. The van der Waals surface area contributed by atoms with Gasteiger partial charge in [-0.25, -0.2) is 0 Å². The SMILES string of the molecule is O=C(N[C@@H](Cc1ccccn1)C(=O)NCC(=O)N1CCN(c2ccc(Cl)cc2)CC1)c1cc2cc(Cl)ccc2o1. The van der Waals surface area contributed by atoms with Crippen molar-refractivity contribution in [1.29, 1.82) is 0 Å². The molecule has 3 heterocycles. The largest absolute Gasteiger partial charge is 0.451 e. The monoisotopic (exact) mass is 579 g/mol. The van der Waals surface area contributed by atoms with E-state index >= 15 is 0 Å². The van der Waals surface area contributed by atoms with Crippen molar-refractivity contribution in [3.05, 3.63) is 94.4 Å². The summed E-state index contributed by atoms with van der Waals surface area (Å²) in [4.78, 5) is 47.3. The van der Waals surface area contributed by atoms with Gasteiger partial charge >= 0.3 is 0 Å². The van der Waals surface area contributed by atoms with Crippen LogP contribution in [0.5, 0.6) is 0 Å². The second kappa shape index (κ2) is 12.4. The molecule has 40 heavy (non-hydrogen) atoms. The predicted octanol–water partition coefficient (Wildman–Crippen LogP) is 3.94. The zero-order chi connectivity index (χ0) is 28.1. The van der Waals surface area contributed by atoms with Crippen LogP contribution in [0.1, 0.15) is 16.2 Å². The number of carbonyl (C=O) groups is 3. The molecular formula is C29H27Cl2N5O4. The van der Waals surface area contributed by atoms with Crippen molar-refractivity contribution >= 4 is 57.6 Å². The fraction of sp³-hybridized carbons (Fsp3) is 0.241. The molecule has 11 heteroatoms. The molecule has 3 amide bonds. The molecule has 0 aliphatic carbocycles. The second-order valence-electron chi connectivity index (χ2n) is 9.41. The number of nitrogens with one attached hydrogen (secondary N) is 2. The zero-order valence-electron chi connectivity index (χ0n) is 21.5. The summed E-state index contributed by atoms with van der Waals surface area (Å²) in [7, 11) is 0. The number of piperazine rings is 1. The van der Waals surface area contributed by atoms with Crippen molar-refractivity contribution in [1.82, 2.24) is 20.5 Å². The molecule has 2 N–H and O–H groups in total. The lowest BCUT2D eigenvalue weighted by Gasteiger charge is -2.36. The highest BCUT2D eigenvalue weighted by molar-refractivity contribution is 6.31. The lowest BCUT2D eigenvalue weighted by atomic mass is 10.1. The third-order valence-corrected chi connectivity index (χ3v) is 7.19. The van der Waals surface area contributed by atoms with Crippen molar-refractivity contribution in [2.75, 3.05) is 37.6 Å². The molecule has 1 saturated heterocycles. The molecule has 0 spiro atoms. The van der Waals surface area contributed by atoms with E-state index in [9.17, 15) is 14.4 Å². The standard InChI is InChI=1S/C29H27Cl2N5O4/c30-20-4-7-23(8-5-20)35-11-13-36(14-12-35)27(37)18-33-28(38)24(17-22-3-1-2-10-32-22)34-29(39)26-16-19-15-21(31)6-9-25(19)40-26/h1-10,15-16,24H,11-14,17-18H2,(H,33,38)(H,34,39)/t24-/m0/s1. The second-order valence-corrected chi connectivity index (χ2v) is 10.3. The molecule has 2 aromatic carbocycles. The molecule has 5 rings (SSSR count). The van der Waals surface area contributed by atoms with E-state index in [0.717, 1.165) is 5.69 Å². The van der Waals surface area contributed by atoms with E-state index in [-0.39, 0.29) is 24.6 Å². The van der Waals surface area contributed by atoms with E-state index in [2.05, 4.69) is 20.5 Å². The molecule has 1 aliphatic heterocycles. The van der Waals surface area contributed by atoms with Gasteiger partial charge in [0.1, 0.15) is 11.6 Å². The van der Waals surface area contributed by atoms with Gasteiger partial charge in [0.2, 0.25) is 11.8 Å². The summed E-state index contributed by atoms with van der Waals surface area (Å²) in [5, 5.41) is 7.28. The fourth-order valence-corrected chi connectivity index (χ4v) is 4.86. The van der Waals surface area contributed by atoms with Gasteiger partial charge in [-0.2, -0.15) is 0 Å². The van der Waals surface area contributed by atoms with Crippen molar-refractivity contribution in [2.45, 2.75) is 12.5 Å². The number of fused-ring (bicyclic) bond motifs is 1. The van der Waals surface area contributed by atoms with Crippen LogP contribution in [0.15, 0.2) is 77.3 Å². The van der Waals surface area contributed by atoms with E-state index in [1.807, 2.05) is 24.3 Å². The Morgan fingerprint density at radius 1 is 0.925 bits per heavy atom. The smallest absolute Gasteiger partial charge is 0.287 e. The number of furan rings is 1. The maximum Gasteiger partial charge on any atom is 0.287 e. The third-order valence-electron chi connectivity index (χ3n) is 6.70. The van der Waals surface area contributed by atoms with Crippen molar-refractivity contribution in [3.63, 3.8) is 0 Å². The highest BCUT2D eigenvalue weighted by Gasteiger charge is 2.26. The topological polar surface area (TPSA) is 108 Å². The van der Waals surface area contributed by atoms with Gasteiger partial charge in [-0.05, 0) is 60.7 Å². The first-order valence-corrected chi connectivity index (χ1v) is 13.6. The zero-order valence-corrected chi connectivity index (χ0v) is 23.0. The van der Waals surface area contributed by atoms with Gasteiger partial charge < -0.3 is 24.9 Å². The average molecular weight is 580 g/mol. The number of amides is 3. The van der Waals surface area contributed by atoms with Crippen LogP contribution in [0, 0.1) is 0 Å². The number of hydrogen-bond acceptors (Lipinski definition) is 6. The van der Waals surface area contributed by atoms with Crippen LogP contribution in [0.25, 0.3) is 11.0 Å². The van der Waals surface area contributed by atoms with Crippen LogP contribution in [0.2, 0.25) is 10.0 Å². The van der Waals surface area contributed by atoms with Crippen LogP contribution in [-0.4, -0.2) is 66.4 Å². The predicted molar refractivity (Wildman–Crippen MR) is 154 cm³/mol. The van der Waals surface area contributed by atoms with Crippen molar-refractivity contribution in [2.24, 2.45) is 0 Å². The molecule has 4 aromatic rings. The molecule has 206 valence electrons. The Hall–Kier alpha value is -4.08. The van der Waals surface area contributed by atoms with E-state index in [1.165, 1.54) is 0 Å². The number of anilines is 1. The number of hydrogen-bond donors (Lipinski definition) is 2. The summed E-state index contributed by atoms with van der Waals surface area (Å²) in [6.07, 6.45) is 1.75. The lowest BCUT2D eigenvalue weighted by molar-refractivity contribution is -0.133. The average Bonchev–Trinajstić information content (AvgIpc) is 3.40. The number of halogens is 2. The fourth-order valence-electron chi connectivity index (χ4n) is 4.56. The molecular weight excluding hydrogens is 553 g/mol. The summed E-state index contributed by atoms with van der Waals surface area (Å²) >= 11 is 12.0. The summed E-state index contributed by atoms with van der Waals surface area (Å²) in [5.41, 5.74) is 2.16. The summed E-state index contributed by atoms with van der Waals surface area (Å²) < 4.78 is 5.65. The van der Waals surface area contributed by atoms with Gasteiger partial charge in [-0.3, -0.25) is 19.4 Å². The van der Waals surface area contributed by atoms with E-state index in [4.69, 9.17) is 27.6 Å². The van der Waals surface area contributed by atoms with Gasteiger partial charge in [0.25, 0.3) is 5.91 Å². The number of benzene rings is 2. The van der Waals surface area contributed by atoms with E-state index in [0.29, 0.717) is 52.9 Å². The molecule has 2 aromatic heterocycles. The van der Waals surface area contributed by atoms with Crippen LogP contribution < -0.4 is 15.5 Å². The molecule has 0 saturated carbocycles. The van der Waals surface area contributed by atoms with Gasteiger partial charge in [0.15, 0.2) is 5.76 Å².